The topological polar surface area (TPSA) is 50.1 Å². The van der Waals surface area contributed by atoms with Crippen molar-refractivity contribution in [3.63, 3.8) is 0 Å². The first-order valence-electron chi connectivity index (χ1n) is 12.2. The summed E-state index contributed by atoms with van der Waals surface area (Å²) >= 11 is 0. The van der Waals surface area contributed by atoms with Gasteiger partial charge in [0.1, 0.15) is 6.29 Å². The number of allylic oxidation sites excluding steroid dienone is 2. The Balaban J connectivity index is 1.94. The fourth-order valence-corrected chi connectivity index (χ4v) is 13.8. The third-order valence-corrected chi connectivity index (χ3v) is 15.8. The van der Waals surface area contributed by atoms with E-state index in [0.717, 1.165) is 25.7 Å². The van der Waals surface area contributed by atoms with Gasteiger partial charge in [-0.15, -0.1) is 0 Å². The summed E-state index contributed by atoms with van der Waals surface area (Å²) in [6, 6.07) is 2.47. The lowest BCUT2D eigenvalue weighted by Crippen LogP contribution is -2.59. The van der Waals surface area contributed by atoms with Crippen LogP contribution in [0.4, 0.5) is 0 Å². The van der Waals surface area contributed by atoms with E-state index in [1.165, 1.54) is 6.29 Å². The van der Waals surface area contributed by atoms with Crippen molar-refractivity contribution >= 4 is 14.6 Å². The van der Waals surface area contributed by atoms with Crippen molar-refractivity contribution in [1.29, 1.82) is 5.26 Å². The summed E-state index contributed by atoms with van der Waals surface area (Å²) in [5, 5.41) is 9.58. The molecule has 0 spiro atoms. The second-order valence-corrected chi connectivity index (χ2v) is 17.1. The van der Waals surface area contributed by atoms with Gasteiger partial charge in [0.2, 0.25) is 8.32 Å². The van der Waals surface area contributed by atoms with Crippen LogP contribution in [0.15, 0.2) is 12.2 Å². The van der Waals surface area contributed by atoms with Crippen molar-refractivity contribution < 1.29 is 9.22 Å². The highest BCUT2D eigenvalue weighted by atomic mass is 28.4. The fourth-order valence-electron chi connectivity index (χ4n) is 8.14. The van der Waals surface area contributed by atoms with Crippen LogP contribution in [-0.4, -0.2) is 20.7 Å². The zero-order chi connectivity index (χ0) is 22.5. The Morgan fingerprint density at radius 1 is 1.13 bits per heavy atom. The van der Waals surface area contributed by atoms with Crippen LogP contribution in [0.3, 0.4) is 0 Å². The van der Waals surface area contributed by atoms with Crippen LogP contribution >= 0.6 is 0 Å². The second-order valence-electron chi connectivity index (χ2n) is 11.7. The number of fused-ring (bicyclic) bond motifs is 3. The average molecular weight is 430 g/mol. The number of hydrogen-bond donors (Lipinski definition) is 0. The van der Waals surface area contributed by atoms with Gasteiger partial charge in [0.05, 0.1) is 6.07 Å². The number of carbonyl (C=O) groups is 1. The van der Waals surface area contributed by atoms with Crippen LogP contribution in [0, 0.1) is 45.8 Å². The minimum Gasteiger partial charge on any atom is -0.413 e. The van der Waals surface area contributed by atoms with Gasteiger partial charge in [0.15, 0.2) is 0 Å². The summed E-state index contributed by atoms with van der Waals surface area (Å²) in [5.74, 6) is 0.962. The van der Waals surface area contributed by atoms with E-state index in [-0.39, 0.29) is 28.8 Å². The Morgan fingerprint density at radius 3 is 2.23 bits per heavy atom. The lowest BCUT2D eigenvalue weighted by molar-refractivity contribution is -0.141. The quantitative estimate of drug-likeness (QED) is 0.262. The van der Waals surface area contributed by atoms with E-state index >= 15 is 0 Å². The summed E-state index contributed by atoms with van der Waals surface area (Å²) in [6.45, 7) is 18.8. The molecule has 1 unspecified atom stereocenters. The third-order valence-electron chi connectivity index (χ3n) is 9.69. The molecule has 0 radical (unpaired) electrons. The summed E-state index contributed by atoms with van der Waals surface area (Å²) in [6.07, 6.45) is 9.81. The van der Waals surface area contributed by atoms with E-state index in [2.05, 4.69) is 73.6 Å². The highest BCUT2D eigenvalue weighted by Gasteiger charge is 2.64. The molecule has 0 heterocycles. The van der Waals surface area contributed by atoms with Crippen molar-refractivity contribution in [3.05, 3.63) is 12.2 Å². The van der Waals surface area contributed by atoms with E-state index in [1.54, 1.807) is 0 Å². The molecule has 3 rings (SSSR count). The van der Waals surface area contributed by atoms with E-state index in [1.807, 2.05) is 0 Å². The summed E-state index contributed by atoms with van der Waals surface area (Å²) in [4.78, 5) is 12.6. The van der Waals surface area contributed by atoms with Gasteiger partial charge < -0.3 is 9.22 Å². The molecule has 2 saturated carbocycles. The second kappa shape index (κ2) is 8.21. The van der Waals surface area contributed by atoms with Gasteiger partial charge in [-0.3, -0.25) is 0 Å². The first-order chi connectivity index (χ1) is 14.0. The Labute approximate surface area is 185 Å². The van der Waals surface area contributed by atoms with Gasteiger partial charge in [-0.25, -0.2) is 0 Å². The van der Waals surface area contributed by atoms with Crippen LogP contribution in [0.25, 0.3) is 0 Å². The molecule has 0 aliphatic heterocycles. The Morgan fingerprint density at radius 2 is 1.73 bits per heavy atom. The number of carbonyl (C=O) groups excluding carboxylic acids is 1. The molecular weight excluding hydrogens is 386 g/mol. The van der Waals surface area contributed by atoms with Crippen LogP contribution in [-0.2, 0) is 9.22 Å². The zero-order valence-corrected chi connectivity index (χ0v) is 21.4. The molecule has 0 N–H and O–H groups in total. The van der Waals surface area contributed by atoms with Crippen LogP contribution in [0.2, 0.25) is 16.6 Å². The Bertz CT molecular complexity index is 701. The van der Waals surface area contributed by atoms with Crippen LogP contribution in [0.5, 0.6) is 0 Å². The molecule has 0 aromatic carbocycles. The molecule has 7 atom stereocenters. The van der Waals surface area contributed by atoms with E-state index in [0.29, 0.717) is 28.5 Å². The maximum Gasteiger partial charge on any atom is 0.200 e. The van der Waals surface area contributed by atoms with Crippen molar-refractivity contribution in [1.82, 2.24) is 0 Å². The minimum absolute atomic E-state index is 0.00702. The standard InChI is InChI=1S/C26H43NO2Si/c1-17(2)30(18(3)4,19(5)6)29-24-11-12-25(8)23(20(24)7)10-9-22-13-21(15-27)14-26(22,25)16-28/h9-10,16-24H,11-14H2,1-8H3/t20-,21-,22?,23+,24-,25+,26+/m0/s1. The SMILES string of the molecule is CC(C)[Si](O[C@H]1CC[C@]2(C)[C@H](C=CC3C[C@H](C#N)C[C@@]32C=O)[C@@H]1C)(C(C)C)C(C)C. The molecule has 4 heteroatoms. The molecule has 2 fully saturated rings. The monoisotopic (exact) mass is 429 g/mol. The number of aldehydes is 1. The van der Waals surface area contributed by atoms with Crippen LogP contribution < -0.4 is 0 Å². The molecular formula is C26H43NO2Si. The maximum absolute atomic E-state index is 12.6. The Hall–Kier alpha value is -0.923. The van der Waals surface area contributed by atoms with E-state index < -0.39 is 8.32 Å². The zero-order valence-electron chi connectivity index (χ0n) is 20.4. The van der Waals surface area contributed by atoms with Crippen molar-refractivity contribution in [2.45, 2.75) is 104 Å². The van der Waals surface area contributed by atoms with Crippen molar-refractivity contribution in [3.8, 4) is 6.07 Å². The van der Waals surface area contributed by atoms with E-state index in [9.17, 15) is 10.1 Å². The molecule has 0 aromatic heterocycles. The largest absolute Gasteiger partial charge is 0.413 e. The van der Waals surface area contributed by atoms with Gasteiger partial charge in [0.25, 0.3) is 0 Å². The van der Waals surface area contributed by atoms with Gasteiger partial charge in [-0.1, -0.05) is 67.5 Å². The average Bonchev–Trinajstić information content (AvgIpc) is 3.07. The molecule has 3 aliphatic carbocycles. The first-order valence-corrected chi connectivity index (χ1v) is 14.4. The van der Waals surface area contributed by atoms with Crippen molar-refractivity contribution in [2.24, 2.45) is 34.5 Å². The van der Waals surface area contributed by atoms with Crippen molar-refractivity contribution in [2.75, 3.05) is 0 Å². The predicted molar refractivity (Wildman–Crippen MR) is 125 cm³/mol. The number of rotatable bonds is 6. The molecule has 3 nitrogen and oxygen atoms in total. The third kappa shape index (κ3) is 3.18. The smallest absolute Gasteiger partial charge is 0.200 e. The van der Waals surface area contributed by atoms with Gasteiger partial charge in [-0.05, 0) is 65.5 Å². The molecule has 30 heavy (non-hydrogen) atoms. The number of nitriles is 1. The molecule has 0 aromatic rings. The maximum atomic E-state index is 12.6. The molecule has 0 bridgehead atoms. The minimum atomic E-state index is -1.94. The highest BCUT2D eigenvalue weighted by molar-refractivity contribution is 6.77. The number of nitrogens with zero attached hydrogens (tertiary/aromatic N) is 1. The predicted octanol–water partition coefficient (Wildman–Crippen LogP) is 6.90. The molecule has 168 valence electrons. The summed E-state index contributed by atoms with van der Waals surface area (Å²) in [5.41, 5.74) is 1.29. The fraction of sp³-hybridized carbons (Fsp3) is 0.846. The lowest BCUT2D eigenvalue weighted by atomic mass is 9.46. The van der Waals surface area contributed by atoms with E-state index in [4.69, 9.17) is 4.43 Å². The molecule has 3 aliphatic rings. The number of hydrogen-bond acceptors (Lipinski definition) is 3. The van der Waals surface area contributed by atoms with Gasteiger partial charge in [0, 0.05) is 17.4 Å². The van der Waals surface area contributed by atoms with Gasteiger partial charge >= 0.3 is 0 Å². The normalized spacial score (nSPS) is 41.1. The highest BCUT2D eigenvalue weighted by Crippen LogP contribution is 2.66. The molecule has 0 amide bonds. The summed E-state index contributed by atoms with van der Waals surface area (Å²) < 4.78 is 7.25. The first kappa shape index (κ1) is 23.7. The Kier molecular flexibility index (Phi) is 6.49. The summed E-state index contributed by atoms with van der Waals surface area (Å²) in [7, 11) is -1.94. The van der Waals surface area contributed by atoms with Crippen LogP contribution in [0.1, 0.15) is 81.1 Å². The van der Waals surface area contributed by atoms with Gasteiger partial charge in [-0.2, -0.15) is 5.26 Å². The lowest BCUT2D eigenvalue weighted by Gasteiger charge is -2.59. The molecule has 0 saturated heterocycles.